The van der Waals surface area contributed by atoms with E-state index in [-0.39, 0.29) is 12.0 Å². The molecule has 15 heavy (non-hydrogen) atoms. The van der Waals surface area contributed by atoms with Crippen LogP contribution in [0.15, 0.2) is 0 Å². The van der Waals surface area contributed by atoms with E-state index in [1.807, 2.05) is 0 Å². The summed E-state index contributed by atoms with van der Waals surface area (Å²) in [6.07, 6.45) is 6.67. The third kappa shape index (κ3) is 4.20. The molecule has 0 radical (unpaired) electrons. The van der Waals surface area contributed by atoms with E-state index in [0.717, 1.165) is 12.5 Å². The molecule has 1 rings (SSSR count). The summed E-state index contributed by atoms with van der Waals surface area (Å²) in [5, 5.41) is 11.6. The van der Waals surface area contributed by atoms with Gasteiger partial charge < -0.3 is 10.4 Å². The summed E-state index contributed by atoms with van der Waals surface area (Å²) >= 11 is 0. The Kier molecular flexibility index (Phi) is 4.58. The van der Waals surface area contributed by atoms with Crippen LogP contribution in [0.1, 0.15) is 46.0 Å². The van der Waals surface area contributed by atoms with E-state index in [2.05, 4.69) is 19.2 Å². The van der Waals surface area contributed by atoms with Crippen LogP contribution in [0.3, 0.4) is 0 Å². The van der Waals surface area contributed by atoms with E-state index in [0.29, 0.717) is 0 Å². The van der Waals surface area contributed by atoms with Crippen molar-refractivity contribution in [3.05, 3.63) is 0 Å². The zero-order valence-corrected chi connectivity index (χ0v) is 9.88. The number of hydrogen-bond donors (Lipinski definition) is 2. The van der Waals surface area contributed by atoms with Crippen molar-refractivity contribution in [3.8, 4) is 0 Å². The number of nitrogens with one attached hydrogen (secondary N) is 1. The predicted octanol–water partition coefficient (Wildman–Crippen LogP) is 2.27. The fraction of sp³-hybridized carbons (Fsp3) is 0.917. The summed E-state index contributed by atoms with van der Waals surface area (Å²) in [5.74, 6) is -0.0120. The Bertz CT molecular complexity index is 208. The Labute approximate surface area is 92.3 Å². The van der Waals surface area contributed by atoms with E-state index >= 15 is 0 Å². The van der Waals surface area contributed by atoms with Gasteiger partial charge in [-0.2, -0.15) is 0 Å². The molecule has 0 saturated heterocycles. The van der Waals surface area contributed by atoms with Gasteiger partial charge >= 0.3 is 5.97 Å². The third-order valence-corrected chi connectivity index (χ3v) is 3.57. The molecule has 2 N–H and O–H groups in total. The van der Waals surface area contributed by atoms with Gasteiger partial charge in [-0.15, -0.1) is 0 Å². The Morgan fingerprint density at radius 1 is 1.33 bits per heavy atom. The summed E-state index contributed by atoms with van der Waals surface area (Å²) in [7, 11) is 0. The Balaban J connectivity index is 2.32. The highest BCUT2D eigenvalue weighted by atomic mass is 16.4. The van der Waals surface area contributed by atoms with Crippen LogP contribution < -0.4 is 5.32 Å². The largest absolute Gasteiger partial charge is 0.480 e. The number of aliphatic carboxylic acids is 1. The molecule has 0 aliphatic heterocycles. The molecule has 0 spiro atoms. The first kappa shape index (κ1) is 12.5. The molecule has 0 bridgehead atoms. The van der Waals surface area contributed by atoms with E-state index in [9.17, 15) is 4.79 Å². The van der Waals surface area contributed by atoms with E-state index in [1.54, 1.807) is 0 Å². The highest BCUT2D eigenvalue weighted by Gasteiger charge is 2.30. The maximum Gasteiger partial charge on any atom is 0.317 e. The number of carboxylic acids is 1. The minimum Gasteiger partial charge on any atom is -0.480 e. The minimum absolute atomic E-state index is 0.0795. The van der Waals surface area contributed by atoms with Crippen LogP contribution in [0, 0.1) is 11.3 Å². The van der Waals surface area contributed by atoms with Gasteiger partial charge in [0.15, 0.2) is 0 Å². The van der Waals surface area contributed by atoms with Crippen LogP contribution in [-0.4, -0.2) is 24.2 Å². The lowest BCUT2D eigenvalue weighted by molar-refractivity contribution is -0.136. The second kappa shape index (κ2) is 5.50. The van der Waals surface area contributed by atoms with E-state index < -0.39 is 5.97 Å². The predicted molar refractivity (Wildman–Crippen MR) is 60.9 cm³/mol. The van der Waals surface area contributed by atoms with Crippen molar-refractivity contribution in [2.24, 2.45) is 11.3 Å². The van der Waals surface area contributed by atoms with Crippen molar-refractivity contribution >= 4 is 5.97 Å². The molecule has 1 aliphatic rings. The van der Waals surface area contributed by atoms with Crippen molar-refractivity contribution < 1.29 is 9.90 Å². The molecule has 3 nitrogen and oxygen atoms in total. The molecule has 3 heteroatoms. The monoisotopic (exact) mass is 213 g/mol. The van der Waals surface area contributed by atoms with Gasteiger partial charge in [-0.25, -0.2) is 0 Å². The topological polar surface area (TPSA) is 49.3 Å². The van der Waals surface area contributed by atoms with E-state index in [1.165, 1.54) is 32.1 Å². The van der Waals surface area contributed by atoms with Crippen molar-refractivity contribution in [3.63, 3.8) is 0 Å². The van der Waals surface area contributed by atoms with Crippen LogP contribution in [-0.2, 0) is 4.79 Å². The lowest BCUT2D eigenvalue weighted by Crippen LogP contribution is -2.38. The first-order valence-corrected chi connectivity index (χ1v) is 5.95. The van der Waals surface area contributed by atoms with Crippen molar-refractivity contribution in [1.82, 2.24) is 5.32 Å². The van der Waals surface area contributed by atoms with Crippen LogP contribution in [0.5, 0.6) is 0 Å². The fourth-order valence-electron chi connectivity index (χ4n) is 2.52. The van der Waals surface area contributed by atoms with Crippen molar-refractivity contribution in [2.75, 3.05) is 13.1 Å². The lowest BCUT2D eigenvalue weighted by Gasteiger charge is -2.37. The van der Waals surface area contributed by atoms with Crippen LogP contribution in [0.4, 0.5) is 0 Å². The van der Waals surface area contributed by atoms with Gasteiger partial charge in [0.2, 0.25) is 0 Å². The molecule has 0 aromatic heterocycles. The van der Waals surface area contributed by atoms with Gasteiger partial charge in [-0.1, -0.05) is 33.1 Å². The first-order chi connectivity index (χ1) is 7.02. The molecule has 0 aromatic carbocycles. The second-order valence-corrected chi connectivity index (χ2v) is 5.32. The number of carbonyl (C=O) groups is 1. The first-order valence-electron chi connectivity index (χ1n) is 5.95. The van der Waals surface area contributed by atoms with Gasteiger partial charge in [0, 0.05) is 6.54 Å². The number of rotatable bonds is 5. The summed E-state index contributed by atoms with van der Waals surface area (Å²) in [6, 6.07) is 0. The molecule has 1 saturated carbocycles. The quantitative estimate of drug-likeness (QED) is 0.736. The molecular formula is C12H23NO2. The summed E-state index contributed by atoms with van der Waals surface area (Å²) < 4.78 is 0. The van der Waals surface area contributed by atoms with Crippen LogP contribution in [0.2, 0.25) is 0 Å². The maximum atomic E-state index is 10.4. The Morgan fingerprint density at radius 3 is 2.47 bits per heavy atom. The zero-order chi connectivity index (χ0) is 11.3. The maximum absolute atomic E-state index is 10.4. The van der Waals surface area contributed by atoms with Crippen molar-refractivity contribution in [2.45, 2.75) is 46.0 Å². The number of carboxylic acid groups (broad SMARTS) is 1. The molecule has 0 unspecified atom stereocenters. The summed E-state index contributed by atoms with van der Waals surface area (Å²) in [6.45, 7) is 5.38. The third-order valence-electron chi connectivity index (χ3n) is 3.57. The molecular weight excluding hydrogens is 190 g/mol. The molecule has 88 valence electrons. The highest BCUT2D eigenvalue weighted by molar-refractivity contribution is 5.68. The second-order valence-electron chi connectivity index (χ2n) is 5.32. The van der Waals surface area contributed by atoms with Gasteiger partial charge in [-0.05, 0) is 24.2 Å². The SMILES string of the molecule is CC(C)(CNCC(=O)O)C1CCCCC1. The van der Waals surface area contributed by atoms with Gasteiger partial charge in [-0.3, -0.25) is 4.79 Å². The van der Waals surface area contributed by atoms with Gasteiger partial charge in [0.1, 0.15) is 0 Å². The standard InChI is InChI=1S/C12H23NO2/c1-12(2,9-13-8-11(14)15)10-6-4-3-5-7-10/h10,13H,3-9H2,1-2H3,(H,14,15). The Hall–Kier alpha value is -0.570. The molecule has 0 amide bonds. The average Bonchev–Trinajstić information content (AvgIpc) is 2.18. The highest BCUT2D eigenvalue weighted by Crippen LogP contribution is 2.37. The van der Waals surface area contributed by atoms with Crippen LogP contribution >= 0.6 is 0 Å². The molecule has 1 fully saturated rings. The zero-order valence-electron chi connectivity index (χ0n) is 9.88. The average molecular weight is 213 g/mol. The van der Waals surface area contributed by atoms with Gasteiger partial charge in [0.05, 0.1) is 6.54 Å². The van der Waals surface area contributed by atoms with E-state index in [4.69, 9.17) is 5.11 Å². The summed E-state index contributed by atoms with van der Waals surface area (Å²) in [4.78, 5) is 10.4. The van der Waals surface area contributed by atoms with Crippen molar-refractivity contribution in [1.29, 1.82) is 0 Å². The lowest BCUT2D eigenvalue weighted by atomic mass is 9.71. The molecule has 1 aliphatic carbocycles. The smallest absolute Gasteiger partial charge is 0.317 e. The van der Waals surface area contributed by atoms with Crippen LogP contribution in [0.25, 0.3) is 0 Å². The molecule has 0 aromatic rings. The normalized spacial score (nSPS) is 19.1. The van der Waals surface area contributed by atoms with Gasteiger partial charge in [0.25, 0.3) is 0 Å². The molecule has 0 heterocycles. The fourth-order valence-corrected chi connectivity index (χ4v) is 2.52. The molecule has 0 atom stereocenters. The minimum atomic E-state index is -0.769. The number of hydrogen-bond acceptors (Lipinski definition) is 2. The Morgan fingerprint density at radius 2 is 1.93 bits per heavy atom. The summed E-state index contributed by atoms with van der Waals surface area (Å²) in [5.41, 5.74) is 0.232.